The van der Waals surface area contributed by atoms with E-state index in [1.807, 2.05) is 36.4 Å². The van der Waals surface area contributed by atoms with E-state index in [1.54, 1.807) is 13.4 Å². The molecule has 0 radical (unpaired) electrons. The third-order valence-electron chi connectivity index (χ3n) is 6.08. The normalized spacial score (nSPS) is 21.9. The van der Waals surface area contributed by atoms with Crippen LogP contribution < -0.4 is 4.90 Å². The molecule has 1 atom stereocenters. The van der Waals surface area contributed by atoms with Crippen molar-refractivity contribution >= 4 is 22.8 Å². The number of nitrogens with zero attached hydrogens (tertiary/aromatic N) is 5. The first-order valence-corrected chi connectivity index (χ1v) is 10.7. The molecule has 0 saturated carbocycles. The van der Waals surface area contributed by atoms with Gasteiger partial charge in [-0.15, -0.1) is 0 Å². The van der Waals surface area contributed by atoms with Crippen molar-refractivity contribution in [2.45, 2.75) is 25.9 Å². The van der Waals surface area contributed by atoms with Gasteiger partial charge in [-0.2, -0.15) is 0 Å². The molecule has 1 N–H and O–H groups in total. The Kier molecular flexibility index (Phi) is 4.64. The van der Waals surface area contributed by atoms with Crippen LogP contribution in [0.1, 0.15) is 25.8 Å². The Morgan fingerprint density at radius 3 is 2.66 bits per heavy atom. The van der Waals surface area contributed by atoms with Crippen LogP contribution in [0.25, 0.3) is 22.3 Å². The van der Waals surface area contributed by atoms with E-state index in [4.69, 9.17) is 4.98 Å². The fourth-order valence-corrected chi connectivity index (χ4v) is 4.36. The third-order valence-corrected chi connectivity index (χ3v) is 6.08. The Labute approximate surface area is 187 Å². The zero-order valence-electron chi connectivity index (χ0n) is 18.5. The Bertz CT molecular complexity index is 1280. The minimum Gasteiger partial charge on any atom is -0.369 e. The number of likely N-dealkylation sites (tertiary alicyclic amines) is 1. The summed E-state index contributed by atoms with van der Waals surface area (Å²) in [6.07, 6.45) is 1.91. The lowest BCUT2D eigenvalue weighted by molar-refractivity contribution is -0.137. The minimum absolute atomic E-state index is 0.279. The molecule has 2 aromatic heterocycles. The molecule has 7 heteroatoms. The van der Waals surface area contributed by atoms with Gasteiger partial charge in [0, 0.05) is 44.2 Å². The SMILES string of the molecule is CN1CC[C@@](O)(C#Cc2cccc(-c3ccc4ncnc(N5CC(C)(C)C5)c4n3)c2)C1=O. The summed E-state index contributed by atoms with van der Waals surface area (Å²) in [7, 11) is 1.67. The van der Waals surface area contributed by atoms with Gasteiger partial charge < -0.3 is 14.9 Å². The number of hydrogen-bond acceptors (Lipinski definition) is 6. The average molecular weight is 428 g/mol. The number of carbonyl (C=O) groups excluding carboxylic acids is 1. The van der Waals surface area contributed by atoms with Crippen LogP contribution in [0.4, 0.5) is 5.82 Å². The van der Waals surface area contributed by atoms with Crippen LogP contribution in [-0.2, 0) is 4.79 Å². The second-order valence-electron chi connectivity index (χ2n) is 9.45. The van der Waals surface area contributed by atoms with Crippen LogP contribution in [0.2, 0.25) is 0 Å². The van der Waals surface area contributed by atoms with E-state index >= 15 is 0 Å². The first-order chi connectivity index (χ1) is 15.2. The Hall–Kier alpha value is -3.50. The maximum atomic E-state index is 12.2. The molecule has 4 heterocycles. The van der Waals surface area contributed by atoms with Crippen molar-refractivity contribution in [3.8, 4) is 23.1 Å². The molecule has 2 aliphatic heterocycles. The van der Waals surface area contributed by atoms with E-state index in [1.165, 1.54) is 4.90 Å². The number of likely N-dealkylation sites (N-methyl/N-ethyl adjacent to an activating group) is 1. The van der Waals surface area contributed by atoms with Crippen molar-refractivity contribution < 1.29 is 9.90 Å². The molecular formula is C25H25N5O2. The van der Waals surface area contributed by atoms with Crippen LogP contribution in [0.15, 0.2) is 42.7 Å². The number of rotatable bonds is 2. The van der Waals surface area contributed by atoms with E-state index in [0.717, 1.165) is 41.2 Å². The maximum Gasteiger partial charge on any atom is 0.267 e. The van der Waals surface area contributed by atoms with Gasteiger partial charge in [0.15, 0.2) is 5.82 Å². The second-order valence-corrected chi connectivity index (χ2v) is 9.45. The standard InChI is InChI=1S/C25H25N5O2/c1-24(2)14-30(15-24)22-21-20(26-16-27-22)8-7-19(28-21)18-6-4-5-17(13-18)9-10-25(32)11-12-29(3)23(25)31/h4-8,13,16,32H,11-12,14-15H2,1-3H3/t25-/m0/s1. The highest BCUT2D eigenvalue weighted by Crippen LogP contribution is 2.35. The highest BCUT2D eigenvalue weighted by atomic mass is 16.3. The van der Waals surface area contributed by atoms with Gasteiger partial charge in [0.05, 0.1) is 11.2 Å². The summed E-state index contributed by atoms with van der Waals surface area (Å²) in [5, 5.41) is 10.5. The molecule has 7 nitrogen and oxygen atoms in total. The number of amides is 1. The largest absolute Gasteiger partial charge is 0.369 e. The van der Waals surface area contributed by atoms with E-state index < -0.39 is 5.60 Å². The highest BCUT2D eigenvalue weighted by molar-refractivity contribution is 5.90. The molecule has 3 aromatic rings. The van der Waals surface area contributed by atoms with Gasteiger partial charge in [-0.05, 0) is 29.7 Å². The first kappa shape index (κ1) is 20.4. The highest BCUT2D eigenvalue weighted by Gasteiger charge is 2.42. The summed E-state index contributed by atoms with van der Waals surface area (Å²) in [5.74, 6) is 6.26. The van der Waals surface area contributed by atoms with Crippen molar-refractivity contribution in [3.05, 3.63) is 48.3 Å². The quantitative estimate of drug-likeness (QED) is 0.633. The van der Waals surface area contributed by atoms with Crippen molar-refractivity contribution in [1.29, 1.82) is 0 Å². The summed E-state index contributed by atoms with van der Waals surface area (Å²) in [6, 6.07) is 11.6. The molecule has 2 aliphatic rings. The number of pyridine rings is 1. The number of hydrogen-bond donors (Lipinski definition) is 1. The molecular weight excluding hydrogens is 402 g/mol. The molecule has 32 heavy (non-hydrogen) atoms. The van der Waals surface area contributed by atoms with Gasteiger partial charge in [-0.3, -0.25) is 4.79 Å². The average Bonchev–Trinajstić information content (AvgIpc) is 3.03. The first-order valence-electron chi connectivity index (χ1n) is 10.7. The lowest BCUT2D eigenvalue weighted by Gasteiger charge is -2.46. The Balaban J connectivity index is 1.48. The van der Waals surface area contributed by atoms with Crippen molar-refractivity contribution in [3.63, 3.8) is 0 Å². The fourth-order valence-electron chi connectivity index (χ4n) is 4.36. The predicted molar refractivity (Wildman–Crippen MR) is 123 cm³/mol. The summed E-state index contributed by atoms with van der Waals surface area (Å²) in [4.78, 5) is 29.7. The molecule has 1 aromatic carbocycles. The zero-order chi connectivity index (χ0) is 22.5. The van der Waals surface area contributed by atoms with Crippen LogP contribution in [-0.4, -0.2) is 63.1 Å². The van der Waals surface area contributed by atoms with Gasteiger partial charge in [0.2, 0.25) is 5.60 Å². The molecule has 1 amide bonds. The number of fused-ring (bicyclic) bond motifs is 1. The van der Waals surface area contributed by atoms with Gasteiger partial charge >= 0.3 is 0 Å². The van der Waals surface area contributed by atoms with Crippen molar-refractivity contribution in [1.82, 2.24) is 19.9 Å². The topological polar surface area (TPSA) is 82.4 Å². The van der Waals surface area contributed by atoms with Crippen LogP contribution in [0.5, 0.6) is 0 Å². The molecule has 162 valence electrons. The molecule has 0 aliphatic carbocycles. The monoisotopic (exact) mass is 427 g/mol. The lowest BCUT2D eigenvalue weighted by atomic mass is 9.84. The summed E-state index contributed by atoms with van der Waals surface area (Å²) in [6.45, 7) is 6.86. The van der Waals surface area contributed by atoms with Crippen molar-refractivity contribution in [2.24, 2.45) is 5.41 Å². The zero-order valence-corrected chi connectivity index (χ0v) is 18.5. The number of benzene rings is 1. The number of aliphatic hydroxyl groups is 1. The second kappa shape index (κ2) is 7.28. The van der Waals surface area contributed by atoms with Crippen LogP contribution in [0, 0.1) is 17.3 Å². The molecule has 0 spiro atoms. The molecule has 5 rings (SSSR count). The Morgan fingerprint density at radius 1 is 1.12 bits per heavy atom. The van der Waals surface area contributed by atoms with Crippen molar-refractivity contribution in [2.75, 3.05) is 31.6 Å². The summed E-state index contributed by atoms with van der Waals surface area (Å²) in [5.41, 5.74) is 2.68. The van der Waals surface area contributed by atoms with E-state index in [-0.39, 0.29) is 11.3 Å². The predicted octanol–water partition coefficient (Wildman–Crippen LogP) is 2.48. The van der Waals surface area contributed by atoms with Gasteiger partial charge in [0.25, 0.3) is 5.91 Å². The summed E-state index contributed by atoms with van der Waals surface area (Å²) >= 11 is 0. The number of aromatic nitrogens is 3. The molecule has 0 unspecified atom stereocenters. The number of carbonyl (C=O) groups is 1. The molecule has 0 bridgehead atoms. The van der Waals surface area contributed by atoms with Gasteiger partial charge in [-0.25, -0.2) is 15.0 Å². The van der Waals surface area contributed by atoms with E-state index in [9.17, 15) is 9.90 Å². The number of anilines is 1. The Morgan fingerprint density at radius 2 is 1.94 bits per heavy atom. The van der Waals surface area contributed by atoms with Crippen LogP contribution >= 0.6 is 0 Å². The molecule has 2 saturated heterocycles. The third kappa shape index (κ3) is 3.57. The smallest absolute Gasteiger partial charge is 0.267 e. The molecule has 2 fully saturated rings. The lowest BCUT2D eigenvalue weighted by Crippen LogP contribution is -2.53. The summed E-state index contributed by atoms with van der Waals surface area (Å²) < 4.78 is 0. The van der Waals surface area contributed by atoms with Crippen LogP contribution in [0.3, 0.4) is 0 Å². The van der Waals surface area contributed by atoms with Gasteiger partial charge in [-0.1, -0.05) is 37.8 Å². The minimum atomic E-state index is -1.61. The van der Waals surface area contributed by atoms with Gasteiger partial charge in [0.1, 0.15) is 11.8 Å². The van der Waals surface area contributed by atoms with E-state index in [0.29, 0.717) is 18.5 Å². The fraction of sp³-hybridized carbons (Fsp3) is 0.360. The maximum absolute atomic E-state index is 12.2. The van der Waals surface area contributed by atoms with E-state index in [2.05, 4.69) is 40.6 Å².